The van der Waals surface area contributed by atoms with E-state index in [1.807, 2.05) is 12.3 Å². The van der Waals surface area contributed by atoms with Crippen LogP contribution in [0, 0.1) is 12.7 Å². The lowest BCUT2D eigenvalue weighted by atomic mass is 10.2. The van der Waals surface area contributed by atoms with Gasteiger partial charge in [0.2, 0.25) is 0 Å². The van der Waals surface area contributed by atoms with E-state index in [0.717, 1.165) is 19.6 Å². The molecule has 0 bridgehead atoms. The maximum absolute atomic E-state index is 13.6. The molecule has 126 valence electrons. The molecular formula is C18H21FN4O. The average Bonchev–Trinajstić information content (AvgIpc) is 2.60. The number of piperazine rings is 1. The predicted molar refractivity (Wildman–Crippen MR) is 91.2 cm³/mol. The highest BCUT2D eigenvalue weighted by atomic mass is 19.1. The molecule has 1 fully saturated rings. The Morgan fingerprint density at radius 2 is 2.04 bits per heavy atom. The fraction of sp³-hybridized carbons (Fsp3) is 0.333. The highest BCUT2D eigenvalue weighted by Gasteiger charge is 2.21. The van der Waals surface area contributed by atoms with Crippen LogP contribution in [0.1, 0.15) is 11.1 Å². The van der Waals surface area contributed by atoms with Gasteiger partial charge in [-0.15, -0.1) is 0 Å². The van der Waals surface area contributed by atoms with Gasteiger partial charge in [-0.25, -0.2) is 9.18 Å². The van der Waals surface area contributed by atoms with E-state index in [4.69, 9.17) is 0 Å². The minimum atomic E-state index is -0.311. The van der Waals surface area contributed by atoms with Crippen LogP contribution in [0.15, 0.2) is 42.7 Å². The smallest absolute Gasteiger partial charge is 0.321 e. The Morgan fingerprint density at radius 3 is 2.71 bits per heavy atom. The van der Waals surface area contributed by atoms with E-state index in [0.29, 0.717) is 24.3 Å². The van der Waals surface area contributed by atoms with Gasteiger partial charge in [0.1, 0.15) is 5.82 Å². The van der Waals surface area contributed by atoms with Crippen LogP contribution in [-0.4, -0.2) is 47.0 Å². The molecule has 0 unspecified atom stereocenters. The minimum absolute atomic E-state index is 0.181. The first-order valence-corrected chi connectivity index (χ1v) is 8.05. The monoisotopic (exact) mass is 328 g/mol. The molecule has 1 aliphatic rings. The number of carbonyl (C=O) groups excluding carboxylic acids is 1. The summed E-state index contributed by atoms with van der Waals surface area (Å²) in [5.74, 6) is -0.311. The Morgan fingerprint density at radius 1 is 1.25 bits per heavy atom. The van der Waals surface area contributed by atoms with E-state index >= 15 is 0 Å². The summed E-state index contributed by atoms with van der Waals surface area (Å²) < 4.78 is 13.6. The van der Waals surface area contributed by atoms with Gasteiger partial charge in [-0.05, 0) is 36.2 Å². The van der Waals surface area contributed by atoms with E-state index < -0.39 is 0 Å². The van der Waals surface area contributed by atoms with Crippen LogP contribution in [0.2, 0.25) is 0 Å². The zero-order valence-corrected chi connectivity index (χ0v) is 13.7. The standard InChI is InChI=1S/C18H21FN4O/c1-14-4-5-16(11-17(14)19)21-18(24)23-9-7-22(8-10-23)13-15-3-2-6-20-12-15/h2-6,11-12H,7-10,13H2,1H3,(H,21,24). The Labute approximate surface area is 141 Å². The Hall–Kier alpha value is -2.47. The molecule has 1 aromatic heterocycles. The summed E-state index contributed by atoms with van der Waals surface area (Å²) in [6.45, 7) is 5.46. The van der Waals surface area contributed by atoms with Gasteiger partial charge < -0.3 is 10.2 Å². The van der Waals surface area contributed by atoms with Crippen molar-refractivity contribution in [3.63, 3.8) is 0 Å². The van der Waals surface area contributed by atoms with Crippen LogP contribution in [0.25, 0.3) is 0 Å². The van der Waals surface area contributed by atoms with Gasteiger partial charge in [-0.3, -0.25) is 9.88 Å². The number of hydrogen-bond acceptors (Lipinski definition) is 3. The first-order valence-electron chi connectivity index (χ1n) is 8.05. The molecule has 0 spiro atoms. The fourth-order valence-corrected chi connectivity index (χ4v) is 2.73. The van der Waals surface area contributed by atoms with Gasteiger partial charge in [0, 0.05) is 50.8 Å². The second-order valence-electron chi connectivity index (χ2n) is 6.02. The number of anilines is 1. The number of nitrogens with one attached hydrogen (secondary N) is 1. The van der Waals surface area contributed by atoms with Gasteiger partial charge in [-0.1, -0.05) is 12.1 Å². The maximum atomic E-state index is 13.6. The summed E-state index contributed by atoms with van der Waals surface area (Å²) in [5, 5.41) is 2.76. The molecule has 24 heavy (non-hydrogen) atoms. The SMILES string of the molecule is Cc1ccc(NC(=O)N2CCN(Cc3cccnc3)CC2)cc1F. The predicted octanol–water partition coefficient (Wildman–Crippen LogP) is 2.88. The fourth-order valence-electron chi connectivity index (χ4n) is 2.73. The van der Waals surface area contributed by atoms with Crippen molar-refractivity contribution in [1.29, 1.82) is 0 Å². The van der Waals surface area contributed by atoms with E-state index in [1.54, 1.807) is 30.2 Å². The molecule has 6 heteroatoms. The van der Waals surface area contributed by atoms with Crippen molar-refractivity contribution in [1.82, 2.24) is 14.8 Å². The average molecular weight is 328 g/mol. The van der Waals surface area contributed by atoms with Crippen LogP contribution >= 0.6 is 0 Å². The van der Waals surface area contributed by atoms with Crippen LogP contribution in [0.3, 0.4) is 0 Å². The number of halogens is 1. The van der Waals surface area contributed by atoms with Crippen molar-refractivity contribution in [2.75, 3.05) is 31.5 Å². The third-order valence-electron chi connectivity index (χ3n) is 4.21. The summed E-state index contributed by atoms with van der Waals surface area (Å²) in [6, 6.07) is 8.54. The number of amides is 2. The molecule has 0 radical (unpaired) electrons. The van der Waals surface area contributed by atoms with Crippen molar-refractivity contribution in [2.45, 2.75) is 13.5 Å². The second-order valence-corrected chi connectivity index (χ2v) is 6.02. The number of aromatic nitrogens is 1. The maximum Gasteiger partial charge on any atom is 0.321 e. The molecule has 1 saturated heterocycles. The molecule has 1 aliphatic heterocycles. The van der Waals surface area contributed by atoms with Crippen LogP contribution in [0.5, 0.6) is 0 Å². The van der Waals surface area contributed by atoms with Gasteiger partial charge in [0.15, 0.2) is 0 Å². The first-order chi connectivity index (χ1) is 11.6. The third-order valence-corrected chi connectivity index (χ3v) is 4.21. The van der Waals surface area contributed by atoms with Crippen molar-refractivity contribution < 1.29 is 9.18 Å². The number of pyridine rings is 1. The summed E-state index contributed by atoms with van der Waals surface area (Å²) in [7, 11) is 0. The molecule has 2 heterocycles. The number of rotatable bonds is 3. The Bertz CT molecular complexity index is 699. The number of nitrogens with zero attached hydrogens (tertiary/aromatic N) is 3. The number of hydrogen-bond donors (Lipinski definition) is 1. The van der Waals surface area contributed by atoms with Crippen LogP contribution in [0.4, 0.5) is 14.9 Å². The lowest BCUT2D eigenvalue weighted by Crippen LogP contribution is -2.49. The lowest BCUT2D eigenvalue weighted by Gasteiger charge is -2.34. The molecule has 0 aliphatic carbocycles. The van der Waals surface area contributed by atoms with Gasteiger partial charge >= 0.3 is 6.03 Å². The minimum Gasteiger partial charge on any atom is -0.322 e. The number of carbonyl (C=O) groups is 1. The topological polar surface area (TPSA) is 48.5 Å². The van der Waals surface area contributed by atoms with Gasteiger partial charge in [0.25, 0.3) is 0 Å². The molecule has 1 N–H and O–H groups in total. The third kappa shape index (κ3) is 4.08. The zero-order valence-electron chi connectivity index (χ0n) is 13.7. The zero-order chi connectivity index (χ0) is 16.9. The molecule has 5 nitrogen and oxygen atoms in total. The summed E-state index contributed by atoms with van der Waals surface area (Å²) in [6.07, 6.45) is 3.63. The normalized spacial score (nSPS) is 15.3. The summed E-state index contributed by atoms with van der Waals surface area (Å²) >= 11 is 0. The Balaban J connectivity index is 1.50. The van der Waals surface area contributed by atoms with Crippen molar-refractivity contribution in [2.24, 2.45) is 0 Å². The Kier molecular flexibility index (Phi) is 5.05. The van der Waals surface area contributed by atoms with E-state index in [9.17, 15) is 9.18 Å². The molecule has 1 aromatic carbocycles. The van der Waals surface area contributed by atoms with Crippen molar-refractivity contribution >= 4 is 11.7 Å². The van der Waals surface area contributed by atoms with Crippen molar-refractivity contribution in [3.8, 4) is 0 Å². The van der Waals surface area contributed by atoms with Crippen LogP contribution < -0.4 is 5.32 Å². The molecule has 2 amide bonds. The number of urea groups is 1. The molecule has 0 atom stereocenters. The van der Waals surface area contributed by atoms with Crippen molar-refractivity contribution in [3.05, 3.63) is 59.7 Å². The molecular weight excluding hydrogens is 307 g/mol. The molecule has 3 rings (SSSR count). The van der Waals surface area contributed by atoms with E-state index in [2.05, 4.69) is 21.3 Å². The van der Waals surface area contributed by atoms with Gasteiger partial charge in [-0.2, -0.15) is 0 Å². The number of aryl methyl sites for hydroxylation is 1. The highest BCUT2D eigenvalue weighted by Crippen LogP contribution is 2.15. The van der Waals surface area contributed by atoms with Crippen LogP contribution in [-0.2, 0) is 6.54 Å². The largest absolute Gasteiger partial charge is 0.322 e. The highest BCUT2D eigenvalue weighted by molar-refractivity contribution is 5.89. The first kappa shape index (κ1) is 16.4. The second kappa shape index (κ2) is 7.40. The molecule has 2 aromatic rings. The number of benzene rings is 1. The lowest BCUT2D eigenvalue weighted by molar-refractivity contribution is 0.143. The molecule has 0 saturated carbocycles. The van der Waals surface area contributed by atoms with E-state index in [1.165, 1.54) is 11.6 Å². The quantitative estimate of drug-likeness (QED) is 0.942. The summed E-state index contributed by atoms with van der Waals surface area (Å²) in [5.41, 5.74) is 2.23. The van der Waals surface area contributed by atoms with E-state index in [-0.39, 0.29) is 11.8 Å². The summed E-state index contributed by atoms with van der Waals surface area (Å²) in [4.78, 5) is 20.5. The van der Waals surface area contributed by atoms with Gasteiger partial charge in [0.05, 0.1) is 0 Å².